The van der Waals surface area contributed by atoms with Crippen molar-refractivity contribution in [2.75, 3.05) is 36.4 Å². The normalized spacial score (nSPS) is 21.5. The van der Waals surface area contributed by atoms with Gasteiger partial charge in [-0.1, -0.05) is 40.9 Å². The zero-order valence-electron chi connectivity index (χ0n) is 20.1. The topological polar surface area (TPSA) is 81.6 Å². The second-order valence-electron chi connectivity index (χ2n) is 9.63. The number of benzene rings is 1. The van der Waals surface area contributed by atoms with Crippen LogP contribution in [0, 0.1) is 11.8 Å². The minimum Gasteiger partial charge on any atom is -0.480 e. The predicted molar refractivity (Wildman–Crippen MR) is 142 cm³/mol. The average Bonchev–Trinajstić information content (AvgIpc) is 2.85. The Labute approximate surface area is 221 Å². The van der Waals surface area contributed by atoms with Crippen LogP contribution in [0.1, 0.15) is 51.1 Å². The van der Waals surface area contributed by atoms with E-state index in [1.54, 1.807) is 19.2 Å². The molecule has 2 N–H and O–H groups in total. The van der Waals surface area contributed by atoms with Crippen molar-refractivity contribution in [1.29, 1.82) is 0 Å². The fraction of sp³-hybridized carbons (Fsp3) is 0.560. The van der Waals surface area contributed by atoms with Crippen LogP contribution < -0.4 is 10.2 Å². The Hall–Kier alpha value is -1.80. The third kappa shape index (κ3) is 6.31. The first-order chi connectivity index (χ1) is 16.7. The van der Waals surface area contributed by atoms with Crippen molar-refractivity contribution < 1.29 is 9.90 Å². The molecule has 2 fully saturated rings. The standard InChI is InChI=1S/C25H32Cl3N5O2/c1-15(20-6-5-19(26)12-21(20)27)30-23-22(28)13-29-25(31-23)32-10-7-17(8-11-32)18-4-3-9-33(14-18)16(2)24(34)35/h5-6,12-13,15-18H,3-4,7-11,14H2,1-2H3,(H,34,35)(H,29,30,31). The van der Waals surface area contributed by atoms with Crippen LogP contribution in [0.5, 0.6) is 0 Å². The lowest BCUT2D eigenvalue weighted by Crippen LogP contribution is -2.48. The highest BCUT2D eigenvalue weighted by atomic mass is 35.5. The van der Waals surface area contributed by atoms with E-state index in [1.807, 2.05) is 19.1 Å². The number of halogens is 3. The summed E-state index contributed by atoms with van der Waals surface area (Å²) in [4.78, 5) is 25.0. The van der Waals surface area contributed by atoms with Gasteiger partial charge in [0.25, 0.3) is 0 Å². The average molecular weight is 541 g/mol. The number of anilines is 2. The minimum atomic E-state index is -0.738. The maximum atomic E-state index is 11.4. The van der Waals surface area contributed by atoms with E-state index in [9.17, 15) is 9.90 Å². The molecular weight excluding hydrogens is 509 g/mol. The highest BCUT2D eigenvalue weighted by molar-refractivity contribution is 6.35. The maximum Gasteiger partial charge on any atom is 0.320 e. The second-order valence-corrected chi connectivity index (χ2v) is 10.9. The lowest BCUT2D eigenvalue weighted by Gasteiger charge is -2.42. The van der Waals surface area contributed by atoms with Gasteiger partial charge in [-0.3, -0.25) is 9.69 Å². The summed E-state index contributed by atoms with van der Waals surface area (Å²) < 4.78 is 0. The van der Waals surface area contributed by atoms with Gasteiger partial charge in [0, 0.05) is 29.7 Å². The summed E-state index contributed by atoms with van der Waals surface area (Å²) in [5.41, 5.74) is 0.909. The molecule has 3 heterocycles. The Morgan fingerprint density at radius 2 is 1.83 bits per heavy atom. The number of likely N-dealkylation sites (tertiary alicyclic amines) is 1. The number of rotatable bonds is 7. The monoisotopic (exact) mass is 539 g/mol. The van der Waals surface area contributed by atoms with Gasteiger partial charge in [-0.2, -0.15) is 4.98 Å². The van der Waals surface area contributed by atoms with Gasteiger partial charge in [-0.15, -0.1) is 0 Å². The van der Waals surface area contributed by atoms with Crippen LogP contribution in [0.4, 0.5) is 11.8 Å². The van der Waals surface area contributed by atoms with Crippen molar-refractivity contribution in [3.8, 4) is 0 Å². The van der Waals surface area contributed by atoms with E-state index < -0.39 is 12.0 Å². The quantitative estimate of drug-likeness (QED) is 0.445. The molecule has 1 aromatic heterocycles. The Bertz CT molecular complexity index is 1050. The van der Waals surface area contributed by atoms with Crippen LogP contribution in [0.15, 0.2) is 24.4 Å². The van der Waals surface area contributed by atoms with Crippen LogP contribution in [-0.2, 0) is 4.79 Å². The molecule has 35 heavy (non-hydrogen) atoms. The number of carboxylic acid groups (broad SMARTS) is 1. The van der Waals surface area contributed by atoms with E-state index in [2.05, 4.69) is 20.1 Å². The molecule has 4 rings (SSSR count). The highest BCUT2D eigenvalue weighted by Crippen LogP contribution is 2.34. The molecule has 10 heteroatoms. The van der Waals surface area contributed by atoms with Gasteiger partial charge in [0.15, 0.2) is 5.82 Å². The van der Waals surface area contributed by atoms with Crippen LogP contribution >= 0.6 is 34.8 Å². The molecule has 0 radical (unpaired) electrons. The number of nitrogens with zero attached hydrogens (tertiary/aromatic N) is 4. The highest BCUT2D eigenvalue weighted by Gasteiger charge is 2.33. The Morgan fingerprint density at radius 1 is 1.09 bits per heavy atom. The first-order valence-electron chi connectivity index (χ1n) is 12.2. The Kier molecular flexibility index (Phi) is 8.63. The zero-order valence-corrected chi connectivity index (χ0v) is 22.3. The van der Waals surface area contributed by atoms with Crippen molar-refractivity contribution >= 4 is 52.5 Å². The van der Waals surface area contributed by atoms with Gasteiger partial charge in [-0.05, 0) is 75.6 Å². The number of aromatic nitrogens is 2. The van der Waals surface area contributed by atoms with Gasteiger partial charge in [0.2, 0.25) is 5.95 Å². The molecule has 190 valence electrons. The summed E-state index contributed by atoms with van der Waals surface area (Å²) in [6.07, 6.45) is 5.97. The Balaban J connectivity index is 1.38. The fourth-order valence-corrected chi connectivity index (χ4v) is 5.97. The van der Waals surface area contributed by atoms with Crippen LogP contribution in [-0.4, -0.2) is 58.2 Å². The lowest BCUT2D eigenvalue weighted by atomic mass is 9.79. The first-order valence-corrected chi connectivity index (χ1v) is 13.3. The molecule has 7 nitrogen and oxygen atoms in total. The lowest BCUT2D eigenvalue weighted by molar-refractivity contribution is -0.143. The smallest absolute Gasteiger partial charge is 0.320 e. The molecule has 3 atom stereocenters. The summed E-state index contributed by atoms with van der Waals surface area (Å²) in [5.74, 6) is 1.63. The largest absolute Gasteiger partial charge is 0.480 e. The number of carbonyl (C=O) groups is 1. The zero-order chi connectivity index (χ0) is 25.1. The number of hydrogen-bond acceptors (Lipinski definition) is 6. The summed E-state index contributed by atoms with van der Waals surface area (Å²) >= 11 is 18.8. The summed E-state index contributed by atoms with van der Waals surface area (Å²) in [5, 5.41) is 14.4. The summed E-state index contributed by atoms with van der Waals surface area (Å²) in [7, 11) is 0. The number of aliphatic carboxylic acids is 1. The van der Waals surface area contributed by atoms with Crippen molar-refractivity contribution in [2.24, 2.45) is 11.8 Å². The molecule has 2 saturated heterocycles. The number of hydrogen-bond donors (Lipinski definition) is 2. The summed E-state index contributed by atoms with van der Waals surface area (Å²) in [6.45, 7) is 7.27. The van der Waals surface area contributed by atoms with Crippen molar-refractivity contribution in [3.05, 3.63) is 45.0 Å². The maximum absolute atomic E-state index is 11.4. The third-order valence-corrected chi connectivity index (χ3v) is 8.24. The molecule has 3 unspecified atom stereocenters. The summed E-state index contributed by atoms with van der Waals surface area (Å²) in [6, 6.07) is 4.89. The molecule has 0 spiro atoms. The predicted octanol–water partition coefficient (Wildman–Crippen LogP) is 6.01. The van der Waals surface area contributed by atoms with Gasteiger partial charge in [0.1, 0.15) is 11.1 Å². The molecular formula is C25H32Cl3N5O2. The second kappa shape index (κ2) is 11.5. The molecule has 2 aliphatic heterocycles. The molecule has 2 aromatic rings. The molecule has 1 aromatic carbocycles. The molecule has 0 aliphatic carbocycles. The van der Waals surface area contributed by atoms with E-state index >= 15 is 0 Å². The number of nitrogens with one attached hydrogen (secondary N) is 1. The number of carboxylic acids is 1. The molecule has 0 bridgehead atoms. The minimum absolute atomic E-state index is 0.117. The van der Waals surface area contributed by atoms with Gasteiger partial charge in [-0.25, -0.2) is 4.98 Å². The van der Waals surface area contributed by atoms with Gasteiger partial charge >= 0.3 is 5.97 Å². The molecule has 2 aliphatic rings. The van der Waals surface area contributed by atoms with E-state index in [4.69, 9.17) is 39.8 Å². The van der Waals surface area contributed by atoms with Crippen molar-refractivity contribution in [1.82, 2.24) is 14.9 Å². The number of piperidine rings is 2. The van der Waals surface area contributed by atoms with Crippen LogP contribution in [0.3, 0.4) is 0 Å². The van der Waals surface area contributed by atoms with Crippen molar-refractivity contribution in [2.45, 2.75) is 51.6 Å². The van der Waals surface area contributed by atoms with Crippen molar-refractivity contribution in [3.63, 3.8) is 0 Å². The first kappa shape index (κ1) is 26.3. The van der Waals surface area contributed by atoms with Gasteiger partial charge in [0.05, 0.1) is 12.2 Å². The van der Waals surface area contributed by atoms with E-state index in [-0.39, 0.29) is 6.04 Å². The van der Waals surface area contributed by atoms with E-state index in [0.29, 0.717) is 38.7 Å². The molecule has 0 amide bonds. The van der Waals surface area contributed by atoms with Gasteiger partial charge < -0.3 is 15.3 Å². The van der Waals surface area contributed by atoms with E-state index in [0.717, 1.165) is 51.0 Å². The van der Waals surface area contributed by atoms with Crippen LogP contribution in [0.2, 0.25) is 15.1 Å². The fourth-order valence-electron chi connectivity index (χ4n) is 5.25. The Morgan fingerprint density at radius 3 is 2.51 bits per heavy atom. The van der Waals surface area contributed by atoms with Crippen LogP contribution in [0.25, 0.3) is 0 Å². The SMILES string of the molecule is CC(Nc1nc(N2CCC(C3CCCN(C(C)C(=O)O)C3)CC2)ncc1Cl)c1ccc(Cl)cc1Cl. The molecule has 0 saturated carbocycles. The van der Waals surface area contributed by atoms with E-state index in [1.165, 1.54) is 6.42 Å². The third-order valence-electron chi connectivity index (χ3n) is 7.40.